The summed E-state index contributed by atoms with van der Waals surface area (Å²) >= 11 is 1.75. The van der Waals surface area contributed by atoms with Gasteiger partial charge in [0.15, 0.2) is 0 Å². The summed E-state index contributed by atoms with van der Waals surface area (Å²) in [6, 6.07) is 4.23. The van der Waals surface area contributed by atoms with Crippen LogP contribution in [0.5, 0.6) is 0 Å². The van der Waals surface area contributed by atoms with Crippen LogP contribution in [0, 0.1) is 0 Å². The normalized spacial score (nSPS) is 12.1. The summed E-state index contributed by atoms with van der Waals surface area (Å²) in [6.45, 7) is 7.18. The van der Waals surface area contributed by atoms with Gasteiger partial charge in [0, 0.05) is 40.5 Å². The van der Waals surface area contributed by atoms with Crippen LogP contribution in [0.3, 0.4) is 0 Å². The van der Waals surface area contributed by atoms with Crippen LogP contribution in [0.2, 0.25) is 0 Å². The molecule has 3 nitrogen and oxygen atoms in total. The Bertz CT molecular complexity index is 517. The van der Waals surface area contributed by atoms with Crippen LogP contribution in [-0.2, 0) is 19.0 Å². The van der Waals surface area contributed by atoms with Crippen LogP contribution >= 0.6 is 11.3 Å². The summed E-state index contributed by atoms with van der Waals surface area (Å²) < 4.78 is 1.89. The van der Waals surface area contributed by atoms with Gasteiger partial charge in [-0.2, -0.15) is 5.10 Å². The Hall–Kier alpha value is -1.13. The number of hydrogen-bond acceptors (Lipinski definition) is 3. The second-order valence-corrected chi connectivity index (χ2v) is 6.45. The fraction of sp³-hybridized carbons (Fsp3) is 0.462. The number of aryl methyl sites for hydroxylation is 1. The molecular weight excluding hydrogens is 230 g/mol. The van der Waals surface area contributed by atoms with Crippen molar-refractivity contribution in [2.45, 2.75) is 32.7 Å². The number of thiophene rings is 1. The smallest absolute Gasteiger partial charge is 0.0764 e. The Morgan fingerprint density at radius 3 is 2.59 bits per heavy atom. The molecule has 0 aliphatic heterocycles. The van der Waals surface area contributed by atoms with Gasteiger partial charge in [0.1, 0.15) is 0 Å². The number of hydrogen-bond donors (Lipinski definition) is 1. The molecule has 92 valence electrons. The van der Waals surface area contributed by atoms with Crippen molar-refractivity contribution >= 4 is 11.3 Å². The SMILES string of the molecule is Cn1cc(-c2ccc(CN)s2)c(C(C)(C)C)n1. The Labute approximate surface area is 106 Å². The van der Waals surface area contributed by atoms with Gasteiger partial charge in [0.25, 0.3) is 0 Å². The molecule has 4 heteroatoms. The molecule has 0 aliphatic rings. The first kappa shape index (κ1) is 12.3. The molecule has 17 heavy (non-hydrogen) atoms. The van der Waals surface area contributed by atoms with E-state index in [1.54, 1.807) is 11.3 Å². The summed E-state index contributed by atoms with van der Waals surface area (Å²) in [6.07, 6.45) is 2.09. The van der Waals surface area contributed by atoms with Gasteiger partial charge in [-0.1, -0.05) is 20.8 Å². The van der Waals surface area contributed by atoms with Crippen molar-refractivity contribution in [2.75, 3.05) is 0 Å². The Kier molecular flexibility index (Phi) is 3.10. The van der Waals surface area contributed by atoms with Crippen LogP contribution in [0.25, 0.3) is 10.4 Å². The first-order chi connectivity index (χ1) is 7.91. The first-order valence-electron chi connectivity index (χ1n) is 5.75. The molecule has 0 aliphatic carbocycles. The quantitative estimate of drug-likeness (QED) is 0.889. The van der Waals surface area contributed by atoms with Crippen molar-refractivity contribution in [1.82, 2.24) is 9.78 Å². The van der Waals surface area contributed by atoms with Crippen LogP contribution in [0.1, 0.15) is 31.3 Å². The first-order valence-corrected chi connectivity index (χ1v) is 6.56. The average Bonchev–Trinajstić information content (AvgIpc) is 2.81. The molecular formula is C13H19N3S. The molecule has 2 heterocycles. The highest BCUT2D eigenvalue weighted by Gasteiger charge is 2.23. The molecule has 2 aromatic heterocycles. The largest absolute Gasteiger partial charge is 0.326 e. The fourth-order valence-electron chi connectivity index (χ4n) is 1.86. The van der Waals surface area contributed by atoms with Gasteiger partial charge >= 0.3 is 0 Å². The van der Waals surface area contributed by atoms with E-state index in [0.29, 0.717) is 6.54 Å². The van der Waals surface area contributed by atoms with Crippen molar-refractivity contribution in [3.8, 4) is 10.4 Å². The third-order valence-corrected chi connectivity index (χ3v) is 3.81. The van der Waals surface area contributed by atoms with E-state index in [0.717, 1.165) is 5.69 Å². The van der Waals surface area contributed by atoms with Gasteiger partial charge in [0.05, 0.1) is 5.69 Å². The van der Waals surface area contributed by atoms with Crippen molar-refractivity contribution in [3.63, 3.8) is 0 Å². The third-order valence-electron chi connectivity index (χ3n) is 2.67. The highest BCUT2D eigenvalue weighted by Crippen LogP contribution is 2.35. The zero-order valence-corrected chi connectivity index (χ0v) is 11.6. The van der Waals surface area contributed by atoms with Gasteiger partial charge in [-0.05, 0) is 12.1 Å². The molecule has 2 N–H and O–H groups in total. The minimum Gasteiger partial charge on any atom is -0.326 e. The number of nitrogens with two attached hydrogens (primary N) is 1. The maximum atomic E-state index is 5.66. The van der Waals surface area contributed by atoms with Crippen molar-refractivity contribution in [2.24, 2.45) is 12.8 Å². The van der Waals surface area contributed by atoms with E-state index in [2.05, 4.69) is 44.2 Å². The standard InChI is InChI=1S/C13H19N3S/c1-13(2,3)12-10(8-16(4)15-12)11-6-5-9(7-14)17-11/h5-6,8H,7,14H2,1-4H3. The van der Waals surface area contributed by atoms with Gasteiger partial charge in [-0.3, -0.25) is 4.68 Å². The monoisotopic (exact) mass is 249 g/mol. The van der Waals surface area contributed by atoms with Crippen LogP contribution < -0.4 is 5.73 Å². The van der Waals surface area contributed by atoms with Crippen molar-refractivity contribution in [1.29, 1.82) is 0 Å². The maximum absolute atomic E-state index is 5.66. The molecule has 0 fully saturated rings. The van der Waals surface area contributed by atoms with Crippen LogP contribution in [-0.4, -0.2) is 9.78 Å². The number of rotatable bonds is 2. The molecule has 0 aromatic carbocycles. The molecule has 0 saturated heterocycles. The van der Waals surface area contributed by atoms with Crippen LogP contribution in [0.15, 0.2) is 18.3 Å². The predicted octanol–water partition coefficient (Wildman–Crippen LogP) is 2.90. The van der Waals surface area contributed by atoms with Gasteiger partial charge in [-0.25, -0.2) is 0 Å². The molecule has 0 bridgehead atoms. The highest BCUT2D eigenvalue weighted by atomic mass is 32.1. The summed E-state index contributed by atoms with van der Waals surface area (Å²) in [5.41, 5.74) is 8.09. The summed E-state index contributed by atoms with van der Waals surface area (Å²) in [5, 5.41) is 4.59. The summed E-state index contributed by atoms with van der Waals surface area (Å²) in [5.74, 6) is 0. The second-order valence-electron chi connectivity index (χ2n) is 5.29. The summed E-state index contributed by atoms with van der Waals surface area (Å²) in [7, 11) is 1.97. The average molecular weight is 249 g/mol. The van der Waals surface area contributed by atoms with E-state index in [1.807, 2.05) is 11.7 Å². The van der Waals surface area contributed by atoms with E-state index < -0.39 is 0 Å². The number of nitrogens with zero attached hydrogens (tertiary/aromatic N) is 2. The fourth-order valence-corrected chi connectivity index (χ4v) is 2.75. The van der Waals surface area contributed by atoms with E-state index >= 15 is 0 Å². The van der Waals surface area contributed by atoms with E-state index in [4.69, 9.17) is 5.73 Å². The van der Waals surface area contributed by atoms with Crippen molar-refractivity contribution in [3.05, 3.63) is 28.9 Å². The predicted molar refractivity (Wildman–Crippen MR) is 73.1 cm³/mol. The molecule has 0 saturated carbocycles. The van der Waals surface area contributed by atoms with Gasteiger partial charge in [0.2, 0.25) is 0 Å². The molecule has 0 atom stereocenters. The van der Waals surface area contributed by atoms with Gasteiger partial charge < -0.3 is 5.73 Å². The topological polar surface area (TPSA) is 43.8 Å². The minimum atomic E-state index is 0.0590. The Morgan fingerprint density at radius 1 is 1.35 bits per heavy atom. The van der Waals surface area contributed by atoms with E-state index in [1.165, 1.54) is 15.3 Å². The summed E-state index contributed by atoms with van der Waals surface area (Å²) in [4.78, 5) is 2.46. The zero-order chi connectivity index (χ0) is 12.6. The lowest BCUT2D eigenvalue weighted by Crippen LogP contribution is -2.13. The number of aromatic nitrogens is 2. The third kappa shape index (κ3) is 2.42. The van der Waals surface area contributed by atoms with Gasteiger partial charge in [-0.15, -0.1) is 11.3 Å². The zero-order valence-electron chi connectivity index (χ0n) is 10.8. The lowest BCUT2D eigenvalue weighted by atomic mass is 9.89. The molecule has 0 radical (unpaired) electrons. The highest BCUT2D eigenvalue weighted by molar-refractivity contribution is 7.15. The lowest BCUT2D eigenvalue weighted by molar-refractivity contribution is 0.554. The molecule has 2 aromatic rings. The minimum absolute atomic E-state index is 0.0590. The Balaban J connectivity index is 2.51. The van der Waals surface area contributed by atoms with Crippen LogP contribution in [0.4, 0.5) is 0 Å². The van der Waals surface area contributed by atoms with E-state index in [9.17, 15) is 0 Å². The molecule has 2 rings (SSSR count). The maximum Gasteiger partial charge on any atom is 0.0764 e. The van der Waals surface area contributed by atoms with E-state index in [-0.39, 0.29) is 5.41 Å². The van der Waals surface area contributed by atoms with Crippen molar-refractivity contribution < 1.29 is 0 Å². The molecule has 0 unspecified atom stereocenters. The Morgan fingerprint density at radius 2 is 2.06 bits per heavy atom. The lowest BCUT2D eigenvalue weighted by Gasteiger charge is -2.16. The second kappa shape index (κ2) is 4.27. The molecule has 0 spiro atoms. The molecule has 0 amide bonds.